The lowest BCUT2D eigenvalue weighted by Gasteiger charge is -2.10. The van der Waals surface area contributed by atoms with E-state index >= 15 is 0 Å². The van der Waals surface area contributed by atoms with E-state index in [-0.39, 0.29) is 24.9 Å². The Bertz CT molecular complexity index is 913. The van der Waals surface area contributed by atoms with E-state index in [1.807, 2.05) is 19.9 Å². The highest BCUT2D eigenvalue weighted by molar-refractivity contribution is 5.86. The Kier molecular flexibility index (Phi) is 4.60. The van der Waals surface area contributed by atoms with Crippen LogP contribution in [0.5, 0.6) is 11.8 Å². The lowest BCUT2D eigenvalue weighted by Crippen LogP contribution is -2.28. The summed E-state index contributed by atoms with van der Waals surface area (Å²) in [4.78, 5) is 16.5. The number of carbonyl (C=O) groups excluding carboxylic acids is 1. The molecule has 3 aromatic rings. The molecule has 8 heteroatoms. The fourth-order valence-corrected chi connectivity index (χ4v) is 2.69. The number of pyridine rings is 1. The van der Waals surface area contributed by atoms with Gasteiger partial charge in [-0.25, -0.2) is 4.98 Å². The highest BCUT2D eigenvalue weighted by Crippen LogP contribution is 2.30. The van der Waals surface area contributed by atoms with Crippen LogP contribution < -0.4 is 10.1 Å². The molecule has 0 saturated heterocycles. The Morgan fingerprint density at radius 1 is 1.44 bits per heavy atom. The molecule has 0 aliphatic rings. The number of aryl methyl sites for hydroxylation is 2. The number of amides is 1. The average Bonchev–Trinajstić information content (AvgIpc) is 3.15. The number of fused-ring (bicyclic) bond motifs is 1. The van der Waals surface area contributed by atoms with Crippen molar-refractivity contribution in [2.75, 3.05) is 7.11 Å². The van der Waals surface area contributed by atoms with Crippen molar-refractivity contribution in [3.63, 3.8) is 0 Å². The number of aromatic nitrogens is 4. The molecule has 0 aromatic carbocycles. The largest absolute Gasteiger partial charge is 0.494 e. The fourth-order valence-electron chi connectivity index (χ4n) is 2.69. The normalized spacial score (nSPS) is 11.0. The minimum Gasteiger partial charge on any atom is -0.494 e. The molecule has 0 bridgehead atoms. The van der Waals surface area contributed by atoms with Crippen LogP contribution in [-0.4, -0.2) is 37.5 Å². The number of hydrogen-bond donors (Lipinski definition) is 2. The van der Waals surface area contributed by atoms with Crippen molar-refractivity contribution in [2.24, 2.45) is 0 Å². The zero-order valence-electron chi connectivity index (χ0n) is 14.5. The van der Waals surface area contributed by atoms with Gasteiger partial charge in [0, 0.05) is 36.7 Å². The minimum atomic E-state index is -0.163. The Labute approximate surface area is 145 Å². The van der Waals surface area contributed by atoms with E-state index in [9.17, 15) is 9.90 Å². The summed E-state index contributed by atoms with van der Waals surface area (Å²) >= 11 is 0. The summed E-state index contributed by atoms with van der Waals surface area (Å²) in [5, 5.41) is 17.8. The van der Waals surface area contributed by atoms with Gasteiger partial charge in [0.1, 0.15) is 6.54 Å². The summed E-state index contributed by atoms with van der Waals surface area (Å²) in [5.41, 5.74) is 2.27. The van der Waals surface area contributed by atoms with E-state index in [4.69, 9.17) is 4.74 Å². The maximum Gasteiger partial charge on any atom is 0.242 e. The van der Waals surface area contributed by atoms with Gasteiger partial charge in [-0.3, -0.25) is 9.48 Å². The highest BCUT2D eigenvalue weighted by Gasteiger charge is 2.15. The summed E-state index contributed by atoms with van der Waals surface area (Å²) in [7, 11) is 1.53. The smallest absolute Gasteiger partial charge is 0.242 e. The van der Waals surface area contributed by atoms with Gasteiger partial charge in [0.05, 0.1) is 18.0 Å². The summed E-state index contributed by atoms with van der Waals surface area (Å²) in [6, 6.07) is 3.64. The third-order valence-electron chi connectivity index (χ3n) is 4.11. The zero-order chi connectivity index (χ0) is 18.0. The van der Waals surface area contributed by atoms with Crippen molar-refractivity contribution in [3.8, 4) is 11.8 Å². The standard InChI is InChI=1S/C17H21N5O3/c1-4-21-9-14-13(17(21)24)7-12(16(20-14)25-3)8-18-15(23)10-22-11(2)5-6-19-22/h5-7,9,24H,4,8,10H2,1-3H3,(H,18,23). The van der Waals surface area contributed by atoms with Crippen molar-refractivity contribution in [3.05, 3.63) is 35.8 Å². The SMILES string of the molecule is CCn1cc2nc(OC)c(CNC(=O)Cn3nccc3C)cc2c1O. The van der Waals surface area contributed by atoms with Crippen molar-refractivity contribution in [1.82, 2.24) is 24.6 Å². The van der Waals surface area contributed by atoms with Crippen LogP contribution in [0.15, 0.2) is 24.5 Å². The van der Waals surface area contributed by atoms with E-state index < -0.39 is 0 Å². The number of methoxy groups -OCH3 is 1. The summed E-state index contributed by atoms with van der Waals surface area (Å²) in [6.45, 7) is 4.87. The predicted molar refractivity (Wildman–Crippen MR) is 92.4 cm³/mol. The first-order valence-corrected chi connectivity index (χ1v) is 8.04. The summed E-state index contributed by atoms with van der Waals surface area (Å²) in [6.07, 6.45) is 3.43. The van der Waals surface area contributed by atoms with E-state index in [0.717, 1.165) is 5.69 Å². The summed E-state index contributed by atoms with van der Waals surface area (Å²) < 4.78 is 8.66. The second-order valence-electron chi connectivity index (χ2n) is 5.74. The molecule has 0 atom stereocenters. The van der Waals surface area contributed by atoms with Crippen molar-refractivity contribution < 1.29 is 14.6 Å². The van der Waals surface area contributed by atoms with E-state index in [1.165, 1.54) is 7.11 Å². The molecular formula is C17H21N5O3. The molecular weight excluding hydrogens is 322 g/mol. The minimum absolute atomic E-state index is 0.147. The van der Waals surface area contributed by atoms with Crippen LogP contribution in [0.3, 0.4) is 0 Å². The number of ether oxygens (including phenoxy) is 1. The van der Waals surface area contributed by atoms with E-state index in [0.29, 0.717) is 28.9 Å². The second kappa shape index (κ2) is 6.84. The Morgan fingerprint density at radius 2 is 2.24 bits per heavy atom. The van der Waals surface area contributed by atoms with Crippen molar-refractivity contribution in [1.29, 1.82) is 0 Å². The molecule has 8 nitrogen and oxygen atoms in total. The number of rotatable bonds is 6. The third kappa shape index (κ3) is 3.28. The van der Waals surface area contributed by atoms with E-state index in [1.54, 1.807) is 27.7 Å². The number of hydrogen-bond acceptors (Lipinski definition) is 5. The molecule has 0 aliphatic carbocycles. The molecule has 0 aliphatic heterocycles. The quantitative estimate of drug-likeness (QED) is 0.709. The predicted octanol–water partition coefficient (Wildman–Crippen LogP) is 1.59. The van der Waals surface area contributed by atoms with Crippen LogP contribution in [0.1, 0.15) is 18.2 Å². The molecule has 0 saturated carbocycles. The van der Waals surface area contributed by atoms with Gasteiger partial charge < -0.3 is 19.7 Å². The Balaban J connectivity index is 1.79. The molecule has 0 unspecified atom stereocenters. The lowest BCUT2D eigenvalue weighted by molar-refractivity contribution is -0.122. The van der Waals surface area contributed by atoms with Crippen molar-refractivity contribution in [2.45, 2.75) is 33.5 Å². The average molecular weight is 343 g/mol. The van der Waals surface area contributed by atoms with Crippen molar-refractivity contribution >= 4 is 16.8 Å². The van der Waals surface area contributed by atoms with Gasteiger partial charge >= 0.3 is 0 Å². The third-order valence-corrected chi connectivity index (χ3v) is 4.11. The van der Waals surface area contributed by atoms with Crippen LogP contribution in [-0.2, 0) is 24.4 Å². The highest BCUT2D eigenvalue weighted by atomic mass is 16.5. The molecule has 25 heavy (non-hydrogen) atoms. The molecule has 132 valence electrons. The number of nitrogens with one attached hydrogen (secondary N) is 1. The number of carbonyl (C=O) groups is 1. The first kappa shape index (κ1) is 16.8. The van der Waals surface area contributed by atoms with Gasteiger partial charge in [0.2, 0.25) is 17.7 Å². The monoisotopic (exact) mass is 343 g/mol. The topological polar surface area (TPSA) is 94.2 Å². The van der Waals surface area contributed by atoms with Crippen LogP contribution in [0, 0.1) is 6.92 Å². The van der Waals surface area contributed by atoms with Gasteiger partial charge in [-0.05, 0) is 26.0 Å². The number of nitrogens with zero attached hydrogens (tertiary/aromatic N) is 4. The first-order valence-electron chi connectivity index (χ1n) is 8.04. The molecule has 3 rings (SSSR count). The molecule has 1 amide bonds. The van der Waals surface area contributed by atoms with Gasteiger partial charge in [-0.15, -0.1) is 0 Å². The molecule has 0 radical (unpaired) electrons. The van der Waals surface area contributed by atoms with Crippen LogP contribution >= 0.6 is 0 Å². The zero-order valence-corrected chi connectivity index (χ0v) is 14.5. The van der Waals surface area contributed by atoms with Crippen LogP contribution in [0.2, 0.25) is 0 Å². The molecule has 3 aromatic heterocycles. The Hall–Kier alpha value is -3.03. The van der Waals surface area contributed by atoms with Crippen LogP contribution in [0.25, 0.3) is 10.9 Å². The van der Waals surface area contributed by atoms with Gasteiger partial charge in [-0.2, -0.15) is 5.10 Å². The first-order chi connectivity index (χ1) is 12.0. The van der Waals surface area contributed by atoms with Crippen LogP contribution in [0.4, 0.5) is 0 Å². The Morgan fingerprint density at radius 3 is 2.88 bits per heavy atom. The maximum atomic E-state index is 12.1. The van der Waals surface area contributed by atoms with Gasteiger partial charge in [0.25, 0.3) is 0 Å². The molecule has 0 fully saturated rings. The van der Waals surface area contributed by atoms with Gasteiger partial charge in [-0.1, -0.05) is 0 Å². The maximum absolute atomic E-state index is 12.1. The molecule has 0 spiro atoms. The fraction of sp³-hybridized carbons (Fsp3) is 0.353. The molecule has 2 N–H and O–H groups in total. The summed E-state index contributed by atoms with van der Waals surface area (Å²) in [5.74, 6) is 0.424. The van der Waals surface area contributed by atoms with Gasteiger partial charge in [0.15, 0.2) is 0 Å². The van der Waals surface area contributed by atoms with E-state index in [2.05, 4.69) is 15.4 Å². The second-order valence-corrected chi connectivity index (χ2v) is 5.74. The lowest BCUT2D eigenvalue weighted by atomic mass is 10.2. The molecule has 3 heterocycles. The number of aromatic hydroxyl groups is 1.